The molecule has 0 fully saturated rings. The van der Waals surface area contributed by atoms with E-state index < -0.39 is 0 Å². The summed E-state index contributed by atoms with van der Waals surface area (Å²) in [5, 5.41) is 9.51. The number of hydrogen-bond donors (Lipinski definition) is 0. The van der Waals surface area contributed by atoms with E-state index in [2.05, 4.69) is 24.0 Å². The Morgan fingerprint density at radius 2 is 2.18 bits per heavy atom. The summed E-state index contributed by atoms with van der Waals surface area (Å²) in [7, 11) is 1.61. The van der Waals surface area contributed by atoms with E-state index >= 15 is 0 Å². The molecule has 3 nitrogen and oxygen atoms in total. The quantitative estimate of drug-likeness (QED) is 0.696. The highest BCUT2D eigenvalue weighted by molar-refractivity contribution is 7.13. The lowest BCUT2D eigenvalue weighted by molar-refractivity contribution is 0.407. The maximum Gasteiger partial charge on any atom is 0.293 e. The fraction of sp³-hybridized carbons (Fsp3) is 0.714. The zero-order valence-electron chi connectivity index (χ0n) is 7.00. The Balaban J connectivity index is 2.58. The Kier molecular flexibility index (Phi) is 2.82. The molecule has 0 atom stereocenters. The first-order chi connectivity index (χ1) is 5.22. The van der Waals surface area contributed by atoms with Gasteiger partial charge in [-0.15, -0.1) is 10.2 Å². The zero-order chi connectivity index (χ0) is 8.27. The van der Waals surface area contributed by atoms with Gasteiger partial charge in [-0.3, -0.25) is 0 Å². The fourth-order valence-electron chi connectivity index (χ4n) is 0.752. The van der Waals surface area contributed by atoms with Crippen LogP contribution < -0.4 is 4.74 Å². The van der Waals surface area contributed by atoms with Crippen LogP contribution in [0.1, 0.15) is 18.9 Å². The van der Waals surface area contributed by atoms with Crippen LogP contribution in [0.3, 0.4) is 0 Å². The second-order valence-electron chi connectivity index (χ2n) is 2.76. The van der Waals surface area contributed by atoms with Gasteiger partial charge in [0.15, 0.2) is 0 Å². The zero-order valence-corrected chi connectivity index (χ0v) is 7.81. The molecule has 0 aliphatic rings. The summed E-state index contributed by atoms with van der Waals surface area (Å²) < 4.78 is 4.92. The summed E-state index contributed by atoms with van der Waals surface area (Å²) in [5.41, 5.74) is 0. The third-order valence-corrected chi connectivity index (χ3v) is 2.11. The van der Waals surface area contributed by atoms with Crippen LogP contribution in [-0.4, -0.2) is 17.3 Å². The van der Waals surface area contributed by atoms with Crippen LogP contribution >= 0.6 is 11.3 Å². The standard InChI is InChI=1S/C7H12N2OS/c1-5(2)4-6-8-9-7(10-3)11-6/h5H,4H2,1-3H3. The smallest absolute Gasteiger partial charge is 0.293 e. The molecule has 0 saturated heterocycles. The molecule has 11 heavy (non-hydrogen) atoms. The molecule has 0 spiro atoms. The summed E-state index contributed by atoms with van der Waals surface area (Å²) in [6, 6.07) is 0. The molecule has 1 aromatic rings. The first kappa shape index (κ1) is 8.46. The van der Waals surface area contributed by atoms with Gasteiger partial charge in [-0.1, -0.05) is 25.2 Å². The molecule has 0 saturated carbocycles. The molecule has 0 amide bonds. The molecule has 4 heteroatoms. The van der Waals surface area contributed by atoms with Crippen molar-refractivity contribution in [1.29, 1.82) is 0 Å². The van der Waals surface area contributed by atoms with Crippen molar-refractivity contribution in [3.8, 4) is 5.19 Å². The molecule has 0 N–H and O–H groups in total. The van der Waals surface area contributed by atoms with Gasteiger partial charge in [0.1, 0.15) is 5.01 Å². The molecule has 0 aromatic carbocycles. The van der Waals surface area contributed by atoms with Gasteiger partial charge in [-0.2, -0.15) is 0 Å². The van der Waals surface area contributed by atoms with Crippen LogP contribution in [0, 0.1) is 5.92 Å². The number of aromatic nitrogens is 2. The number of ether oxygens (including phenoxy) is 1. The Morgan fingerprint density at radius 1 is 1.45 bits per heavy atom. The monoisotopic (exact) mass is 172 g/mol. The SMILES string of the molecule is COc1nnc(CC(C)C)s1. The van der Waals surface area contributed by atoms with Crippen molar-refractivity contribution >= 4 is 11.3 Å². The normalized spacial score (nSPS) is 10.5. The van der Waals surface area contributed by atoms with Crippen molar-refractivity contribution < 1.29 is 4.74 Å². The van der Waals surface area contributed by atoms with E-state index in [1.54, 1.807) is 7.11 Å². The summed E-state index contributed by atoms with van der Waals surface area (Å²) in [6.45, 7) is 4.32. The predicted molar refractivity (Wildman–Crippen MR) is 45.0 cm³/mol. The minimum Gasteiger partial charge on any atom is -0.472 e. The molecule has 1 heterocycles. The van der Waals surface area contributed by atoms with Crippen molar-refractivity contribution in [1.82, 2.24) is 10.2 Å². The highest BCUT2D eigenvalue weighted by Crippen LogP contribution is 2.19. The first-order valence-corrected chi connectivity index (χ1v) is 4.40. The number of nitrogens with zero attached hydrogens (tertiary/aromatic N) is 2. The third-order valence-electron chi connectivity index (χ3n) is 1.21. The van der Waals surface area contributed by atoms with Crippen molar-refractivity contribution in [3.63, 3.8) is 0 Å². The Morgan fingerprint density at radius 3 is 2.64 bits per heavy atom. The Bertz CT molecular complexity index is 222. The minimum absolute atomic E-state index is 0.632. The van der Waals surface area contributed by atoms with Crippen LogP contribution in [0.15, 0.2) is 0 Å². The van der Waals surface area contributed by atoms with E-state index in [0.717, 1.165) is 11.4 Å². The first-order valence-electron chi connectivity index (χ1n) is 3.58. The molecular formula is C7H12N2OS. The molecule has 62 valence electrons. The van der Waals surface area contributed by atoms with Gasteiger partial charge < -0.3 is 4.74 Å². The summed E-state index contributed by atoms with van der Waals surface area (Å²) >= 11 is 1.52. The fourth-order valence-corrected chi connectivity index (χ4v) is 1.62. The van der Waals surface area contributed by atoms with E-state index in [1.165, 1.54) is 11.3 Å². The van der Waals surface area contributed by atoms with Crippen molar-refractivity contribution in [3.05, 3.63) is 5.01 Å². The van der Waals surface area contributed by atoms with Crippen LogP contribution in [0.2, 0.25) is 0 Å². The highest BCUT2D eigenvalue weighted by Gasteiger charge is 2.04. The van der Waals surface area contributed by atoms with Gasteiger partial charge in [0.2, 0.25) is 0 Å². The summed E-state index contributed by atoms with van der Waals surface area (Å²) in [5.74, 6) is 0.632. The van der Waals surface area contributed by atoms with Crippen molar-refractivity contribution in [2.24, 2.45) is 5.92 Å². The lowest BCUT2D eigenvalue weighted by atomic mass is 10.1. The average Bonchev–Trinajstić information content (AvgIpc) is 2.34. The largest absolute Gasteiger partial charge is 0.472 e. The molecule has 0 radical (unpaired) electrons. The number of rotatable bonds is 3. The molecule has 0 unspecified atom stereocenters. The van der Waals surface area contributed by atoms with E-state index in [1.807, 2.05) is 0 Å². The second-order valence-corrected chi connectivity index (χ2v) is 3.79. The maximum absolute atomic E-state index is 4.92. The van der Waals surface area contributed by atoms with Crippen LogP contribution in [0.25, 0.3) is 0 Å². The van der Waals surface area contributed by atoms with E-state index in [4.69, 9.17) is 4.74 Å². The summed E-state index contributed by atoms with van der Waals surface area (Å²) in [6.07, 6.45) is 0.987. The molecule has 1 rings (SSSR count). The molecule has 0 aliphatic heterocycles. The van der Waals surface area contributed by atoms with Gasteiger partial charge in [-0.05, 0) is 5.92 Å². The summed E-state index contributed by atoms with van der Waals surface area (Å²) in [4.78, 5) is 0. The molecule has 1 aromatic heterocycles. The predicted octanol–water partition coefficient (Wildman–Crippen LogP) is 1.75. The second kappa shape index (κ2) is 3.67. The van der Waals surface area contributed by atoms with Gasteiger partial charge in [0.25, 0.3) is 5.19 Å². The van der Waals surface area contributed by atoms with Gasteiger partial charge >= 0.3 is 0 Å². The molecular weight excluding hydrogens is 160 g/mol. The highest BCUT2D eigenvalue weighted by atomic mass is 32.1. The third kappa shape index (κ3) is 2.46. The van der Waals surface area contributed by atoms with Crippen LogP contribution in [0.4, 0.5) is 0 Å². The number of methoxy groups -OCH3 is 1. The Labute approximate surface area is 70.4 Å². The van der Waals surface area contributed by atoms with Gasteiger partial charge in [0.05, 0.1) is 7.11 Å². The van der Waals surface area contributed by atoms with E-state index in [9.17, 15) is 0 Å². The minimum atomic E-state index is 0.632. The van der Waals surface area contributed by atoms with Gasteiger partial charge in [-0.25, -0.2) is 0 Å². The van der Waals surface area contributed by atoms with Crippen LogP contribution in [-0.2, 0) is 6.42 Å². The van der Waals surface area contributed by atoms with Crippen molar-refractivity contribution in [2.45, 2.75) is 20.3 Å². The maximum atomic E-state index is 4.92. The van der Waals surface area contributed by atoms with Crippen molar-refractivity contribution in [2.75, 3.05) is 7.11 Å². The van der Waals surface area contributed by atoms with Crippen LogP contribution in [0.5, 0.6) is 5.19 Å². The molecule has 0 aliphatic carbocycles. The average molecular weight is 172 g/mol. The lowest BCUT2D eigenvalue weighted by Crippen LogP contribution is -1.92. The Hall–Kier alpha value is -0.640. The number of hydrogen-bond acceptors (Lipinski definition) is 4. The lowest BCUT2D eigenvalue weighted by Gasteiger charge is -1.96. The topological polar surface area (TPSA) is 35.0 Å². The van der Waals surface area contributed by atoms with Gasteiger partial charge in [0, 0.05) is 6.42 Å². The van der Waals surface area contributed by atoms with E-state index in [0.29, 0.717) is 11.1 Å². The van der Waals surface area contributed by atoms with E-state index in [-0.39, 0.29) is 0 Å². The molecule has 0 bridgehead atoms.